The van der Waals surface area contributed by atoms with Crippen LogP contribution in [0.1, 0.15) is 77.6 Å². The number of unbranched alkanes of at least 4 members (excludes halogenated alkanes) is 9. The summed E-state index contributed by atoms with van der Waals surface area (Å²) in [5.41, 5.74) is 0. The van der Waals surface area contributed by atoms with Crippen LogP contribution in [0.5, 0.6) is 0 Å². The Labute approximate surface area is 111 Å². The number of aliphatic hydroxyl groups is 2. The Morgan fingerprint density at radius 1 is 0.833 bits per heavy atom. The van der Waals surface area contributed by atoms with Gasteiger partial charge in [0.15, 0.2) is 6.29 Å². The predicted molar refractivity (Wildman–Crippen MR) is 74.3 cm³/mol. The van der Waals surface area contributed by atoms with Gasteiger partial charge in [0.2, 0.25) is 0 Å². The number of hydrogen-bond acceptors (Lipinski definition) is 4. The predicted octanol–water partition coefficient (Wildman–Crippen LogP) is 3.74. The van der Waals surface area contributed by atoms with Gasteiger partial charge in [0, 0.05) is 0 Å². The van der Waals surface area contributed by atoms with Crippen LogP contribution in [-0.2, 0) is 0 Å². The van der Waals surface area contributed by atoms with E-state index in [0.29, 0.717) is 6.42 Å². The molecule has 0 heterocycles. The van der Waals surface area contributed by atoms with Crippen LogP contribution in [0.15, 0.2) is 5.18 Å². The molecular weight excluding hydrogens is 230 g/mol. The molecule has 0 fully saturated rings. The fourth-order valence-electron chi connectivity index (χ4n) is 2.10. The minimum atomic E-state index is -1.60. The SMILES string of the molecule is CCCCCCCCCCCCC(N=O)C(O)O. The van der Waals surface area contributed by atoms with Gasteiger partial charge in [-0.05, 0) is 6.42 Å². The molecule has 0 aromatic carbocycles. The van der Waals surface area contributed by atoms with Crippen molar-refractivity contribution in [3.63, 3.8) is 0 Å². The second kappa shape index (κ2) is 13.0. The summed E-state index contributed by atoms with van der Waals surface area (Å²) in [7, 11) is 0. The lowest BCUT2D eigenvalue weighted by atomic mass is 10.0. The molecule has 4 nitrogen and oxygen atoms in total. The van der Waals surface area contributed by atoms with Gasteiger partial charge in [-0.25, -0.2) is 0 Å². The van der Waals surface area contributed by atoms with E-state index in [9.17, 15) is 4.91 Å². The van der Waals surface area contributed by atoms with Crippen LogP contribution in [0.3, 0.4) is 0 Å². The van der Waals surface area contributed by atoms with Crippen molar-refractivity contribution < 1.29 is 10.2 Å². The Morgan fingerprint density at radius 3 is 1.67 bits per heavy atom. The molecule has 0 aromatic heterocycles. The molecule has 0 radical (unpaired) electrons. The number of nitroso groups, excluding NO2 is 1. The molecule has 108 valence electrons. The van der Waals surface area contributed by atoms with Crippen molar-refractivity contribution in [2.24, 2.45) is 5.18 Å². The van der Waals surface area contributed by atoms with E-state index in [0.717, 1.165) is 12.8 Å². The maximum absolute atomic E-state index is 10.3. The quantitative estimate of drug-likeness (QED) is 0.301. The molecule has 0 amide bonds. The molecule has 0 aliphatic rings. The fourth-order valence-corrected chi connectivity index (χ4v) is 2.10. The molecule has 0 bridgehead atoms. The molecular formula is C14H29NO3. The van der Waals surface area contributed by atoms with Crippen LogP contribution in [0.4, 0.5) is 0 Å². The largest absolute Gasteiger partial charge is 0.366 e. The van der Waals surface area contributed by atoms with Crippen molar-refractivity contribution in [2.45, 2.75) is 89.9 Å². The fraction of sp³-hybridized carbons (Fsp3) is 1.00. The normalized spacial score (nSPS) is 12.9. The van der Waals surface area contributed by atoms with E-state index in [1.807, 2.05) is 0 Å². The average molecular weight is 259 g/mol. The van der Waals surface area contributed by atoms with E-state index in [1.54, 1.807) is 0 Å². The number of aliphatic hydroxyl groups excluding tert-OH is 1. The Balaban J connectivity index is 3.18. The summed E-state index contributed by atoms with van der Waals surface area (Å²) < 4.78 is 0. The lowest BCUT2D eigenvalue weighted by Crippen LogP contribution is -2.22. The molecule has 0 aliphatic carbocycles. The molecule has 1 unspecified atom stereocenters. The summed E-state index contributed by atoms with van der Waals surface area (Å²) in [6, 6.07) is -0.848. The topological polar surface area (TPSA) is 69.9 Å². The van der Waals surface area contributed by atoms with E-state index >= 15 is 0 Å². The van der Waals surface area contributed by atoms with Crippen molar-refractivity contribution in [1.29, 1.82) is 0 Å². The van der Waals surface area contributed by atoms with Crippen LogP contribution < -0.4 is 0 Å². The van der Waals surface area contributed by atoms with Crippen molar-refractivity contribution in [3.8, 4) is 0 Å². The lowest BCUT2D eigenvalue weighted by Gasteiger charge is -2.10. The van der Waals surface area contributed by atoms with Crippen molar-refractivity contribution in [1.82, 2.24) is 0 Å². The highest BCUT2D eigenvalue weighted by Crippen LogP contribution is 2.13. The zero-order valence-electron chi connectivity index (χ0n) is 11.7. The van der Waals surface area contributed by atoms with Gasteiger partial charge in [-0.15, -0.1) is 0 Å². The van der Waals surface area contributed by atoms with Crippen LogP contribution in [0.25, 0.3) is 0 Å². The summed E-state index contributed by atoms with van der Waals surface area (Å²) in [6.45, 7) is 2.23. The maximum atomic E-state index is 10.3. The van der Waals surface area contributed by atoms with Crippen molar-refractivity contribution >= 4 is 0 Å². The second-order valence-corrected chi connectivity index (χ2v) is 5.06. The Kier molecular flexibility index (Phi) is 12.6. The summed E-state index contributed by atoms with van der Waals surface area (Å²) in [5.74, 6) is 0. The summed E-state index contributed by atoms with van der Waals surface area (Å²) in [6.07, 6.45) is 11.2. The van der Waals surface area contributed by atoms with Gasteiger partial charge in [-0.2, -0.15) is 4.91 Å². The molecule has 4 heteroatoms. The lowest BCUT2D eigenvalue weighted by molar-refractivity contribution is -0.0596. The molecule has 0 aliphatic heterocycles. The first-order chi connectivity index (χ1) is 8.72. The van der Waals surface area contributed by atoms with Gasteiger partial charge in [-0.3, -0.25) is 0 Å². The van der Waals surface area contributed by atoms with E-state index in [-0.39, 0.29) is 0 Å². The number of nitrogens with zero attached hydrogens (tertiary/aromatic N) is 1. The molecule has 1 atom stereocenters. The zero-order chi connectivity index (χ0) is 13.6. The van der Waals surface area contributed by atoms with Gasteiger partial charge in [0.25, 0.3) is 0 Å². The van der Waals surface area contributed by atoms with Crippen LogP contribution in [0.2, 0.25) is 0 Å². The van der Waals surface area contributed by atoms with Crippen LogP contribution in [-0.4, -0.2) is 22.5 Å². The highest BCUT2D eigenvalue weighted by molar-refractivity contribution is 4.67. The number of rotatable bonds is 13. The molecule has 0 saturated heterocycles. The third kappa shape index (κ3) is 10.7. The summed E-state index contributed by atoms with van der Waals surface area (Å²) in [5, 5.41) is 20.3. The molecule has 0 spiro atoms. The standard InChI is InChI=1S/C14H29NO3/c1-2-3-4-5-6-7-8-9-10-11-12-13(15-18)14(16)17/h13-14,16-17H,2-12H2,1H3. The van der Waals surface area contributed by atoms with Gasteiger partial charge in [0.1, 0.15) is 6.04 Å². The Morgan fingerprint density at radius 2 is 1.28 bits per heavy atom. The molecule has 18 heavy (non-hydrogen) atoms. The first-order valence-corrected chi connectivity index (χ1v) is 7.41. The molecule has 2 N–H and O–H groups in total. The monoisotopic (exact) mass is 259 g/mol. The van der Waals surface area contributed by atoms with E-state index in [2.05, 4.69) is 12.1 Å². The van der Waals surface area contributed by atoms with Gasteiger partial charge >= 0.3 is 0 Å². The van der Waals surface area contributed by atoms with Crippen LogP contribution in [0, 0.1) is 4.91 Å². The van der Waals surface area contributed by atoms with E-state index in [4.69, 9.17) is 10.2 Å². The minimum absolute atomic E-state index is 0.484. The molecule has 0 aromatic rings. The van der Waals surface area contributed by atoms with Gasteiger partial charge in [0.05, 0.1) is 0 Å². The van der Waals surface area contributed by atoms with Gasteiger partial charge < -0.3 is 10.2 Å². The summed E-state index contributed by atoms with van der Waals surface area (Å²) in [4.78, 5) is 10.3. The Bertz CT molecular complexity index is 186. The second-order valence-electron chi connectivity index (χ2n) is 5.06. The summed E-state index contributed by atoms with van der Waals surface area (Å²) >= 11 is 0. The third-order valence-electron chi connectivity index (χ3n) is 3.33. The molecule has 0 saturated carbocycles. The maximum Gasteiger partial charge on any atom is 0.177 e. The molecule has 0 rings (SSSR count). The smallest absolute Gasteiger partial charge is 0.177 e. The third-order valence-corrected chi connectivity index (χ3v) is 3.33. The zero-order valence-corrected chi connectivity index (χ0v) is 11.7. The van der Waals surface area contributed by atoms with Crippen molar-refractivity contribution in [2.75, 3.05) is 0 Å². The average Bonchev–Trinajstić information content (AvgIpc) is 2.35. The minimum Gasteiger partial charge on any atom is -0.366 e. The Hall–Kier alpha value is -0.480. The van der Waals surface area contributed by atoms with Crippen LogP contribution >= 0.6 is 0 Å². The van der Waals surface area contributed by atoms with E-state index in [1.165, 1.54) is 51.4 Å². The van der Waals surface area contributed by atoms with Gasteiger partial charge in [-0.1, -0.05) is 76.3 Å². The first-order valence-electron chi connectivity index (χ1n) is 7.41. The first kappa shape index (κ1) is 17.5. The highest BCUT2D eigenvalue weighted by atomic mass is 16.5. The van der Waals surface area contributed by atoms with Crippen molar-refractivity contribution in [3.05, 3.63) is 4.91 Å². The number of hydrogen-bond donors (Lipinski definition) is 2. The highest BCUT2D eigenvalue weighted by Gasteiger charge is 2.15. The van der Waals surface area contributed by atoms with E-state index < -0.39 is 12.3 Å².